The first-order valence-corrected chi connectivity index (χ1v) is 34.9. The predicted octanol–water partition coefficient (Wildman–Crippen LogP) is 28.3. The van der Waals surface area contributed by atoms with E-state index in [2.05, 4.69) is 386 Å². The molecule has 0 aliphatic carbocycles. The molecule has 19 aromatic carbocycles. The fourth-order valence-electron chi connectivity index (χ4n) is 15.9. The number of fused-ring (bicyclic) bond motifs is 18. The van der Waals surface area contributed by atoms with E-state index in [-0.39, 0.29) is 0 Å². The summed E-state index contributed by atoms with van der Waals surface area (Å²) in [4.78, 5) is 4.72. The largest absolute Gasteiger partial charge is 0.455 e. The van der Waals surface area contributed by atoms with Crippen LogP contribution in [0, 0.1) is 0 Å². The lowest BCUT2D eigenvalue weighted by Crippen LogP contribution is -2.10. The van der Waals surface area contributed by atoms with Gasteiger partial charge in [-0.1, -0.05) is 285 Å². The van der Waals surface area contributed by atoms with E-state index >= 15 is 0 Å². The highest BCUT2D eigenvalue weighted by Crippen LogP contribution is 2.47. The van der Waals surface area contributed by atoms with Crippen LogP contribution in [0.25, 0.3) is 163 Å². The fourth-order valence-corrected chi connectivity index (χ4v) is 15.9. The summed E-state index contributed by atoms with van der Waals surface area (Å²) in [6.45, 7) is 0. The normalized spacial score (nSPS) is 11.7. The van der Waals surface area contributed by atoms with Gasteiger partial charge in [-0.3, -0.25) is 0 Å². The molecule has 0 aliphatic heterocycles. The van der Waals surface area contributed by atoms with Crippen molar-refractivity contribution in [3.05, 3.63) is 376 Å². The van der Waals surface area contributed by atoms with Crippen LogP contribution >= 0.6 is 0 Å². The van der Waals surface area contributed by atoms with E-state index in [9.17, 15) is 0 Å². The molecule has 0 saturated carbocycles. The van der Waals surface area contributed by atoms with Gasteiger partial charge in [0.15, 0.2) is 0 Å². The van der Waals surface area contributed by atoms with Crippen LogP contribution in [0.1, 0.15) is 0 Å². The highest BCUT2D eigenvalue weighted by Gasteiger charge is 2.22. The topological polar surface area (TPSA) is 32.8 Å². The highest BCUT2D eigenvalue weighted by molar-refractivity contribution is 6.19. The molecule has 21 rings (SSSR count). The van der Waals surface area contributed by atoms with Crippen molar-refractivity contribution >= 4 is 164 Å². The number of rotatable bonds is 9. The summed E-state index contributed by atoms with van der Waals surface area (Å²) in [5.74, 6) is 0. The Hall–Kier alpha value is -13.5. The summed E-state index contributed by atoms with van der Waals surface area (Å²) in [5, 5.41) is 24.0. The molecule has 4 nitrogen and oxygen atoms in total. The Kier molecular flexibility index (Phi) is 13.9. The van der Waals surface area contributed by atoms with Gasteiger partial charge in [-0.05, 0) is 182 Å². The Morgan fingerprint density at radius 3 is 1.02 bits per heavy atom. The Labute approximate surface area is 588 Å². The molecule has 0 atom stereocenters. The molecular formula is C98H62N2O2. The summed E-state index contributed by atoms with van der Waals surface area (Å²) in [6.07, 6.45) is 0. The minimum atomic E-state index is 0.872. The van der Waals surface area contributed by atoms with Gasteiger partial charge in [-0.15, -0.1) is 0 Å². The van der Waals surface area contributed by atoms with Gasteiger partial charge in [0.1, 0.15) is 22.3 Å². The number of benzene rings is 19. The van der Waals surface area contributed by atoms with Crippen LogP contribution in [-0.2, 0) is 0 Å². The second-order valence-corrected chi connectivity index (χ2v) is 26.6. The summed E-state index contributed by atoms with van der Waals surface area (Å²) in [7, 11) is 0. The van der Waals surface area contributed by atoms with Crippen LogP contribution in [0.5, 0.6) is 0 Å². The molecule has 0 N–H and O–H groups in total. The third-order valence-corrected chi connectivity index (χ3v) is 20.9. The van der Waals surface area contributed by atoms with Crippen molar-refractivity contribution in [1.82, 2.24) is 0 Å². The fraction of sp³-hybridized carbons (Fsp3) is 0. The molecule has 2 aromatic heterocycles. The second-order valence-electron chi connectivity index (χ2n) is 26.6. The zero-order valence-electron chi connectivity index (χ0n) is 55.5. The first-order chi connectivity index (χ1) is 50.5. The molecule has 0 spiro atoms. The van der Waals surface area contributed by atoms with Gasteiger partial charge >= 0.3 is 0 Å². The lowest BCUT2D eigenvalue weighted by molar-refractivity contribution is 0.672. The van der Waals surface area contributed by atoms with Crippen LogP contribution in [0.2, 0.25) is 0 Å². The maximum atomic E-state index is 6.70. The summed E-state index contributed by atoms with van der Waals surface area (Å²) in [5.41, 5.74) is 17.3. The van der Waals surface area contributed by atoms with E-state index in [0.29, 0.717) is 0 Å². The van der Waals surface area contributed by atoms with Crippen LogP contribution in [0.15, 0.2) is 385 Å². The first kappa shape index (κ1) is 58.6. The zero-order chi connectivity index (χ0) is 67.2. The van der Waals surface area contributed by atoms with Crippen molar-refractivity contribution in [3.8, 4) is 33.4 Å². The van der Waals surface area contributed by atoms with E-state index in [0.717, 1.165) is 88.8 Å². The van der Waals surface area contributed by atoms with Gasteiger partial charge in [0.05, 0.1) is 5.69 Å². The minimum absolute atomic E-state index is 0.872. The SMILES string of the molecule is c1ccc2c(-c3ccc(-c4ccc(N(c5ccc6c(c5)oc5c7ccccc7ccc65)c5cc6ccccc6c6ccccc56)cc4)cc3)cccc2c1.c1ccc2c(-c3ccc(N(c4ccc5c(ccc6ccccc65)c4)c4ccc5c(c4)oc4c6ccccc6ccc54)cc3)cccc2c1. The lowest BCUT2D eigenvalue weighted by Gasteiger charge is -2.27. The first-order valence-electron chi connectivity index (χ1n) is 34.9. The summed E-state index contributed by atoms with van der Waals surface area (Å²) >= 11 is 0. The number of furan rings is 2. The highest BCUT2D eigenvalue weighted by atomic mass is 16.3. The predicted molar refractivity (Wildman–Crippen MR) is 433 cm³/mol. The van der Waals surface area contributed by atoms with Gasteiger partial charge in [0, 0.05) is 78.3 Å². The third kappa shape index (κ3) is 9.99. The molecule has 0 amide bonds. The van der Waals surface area contributed by atoms with Crippen LogP contribution in [-0.4, -0.2) is 0 Å². The van der Waals surface area contributed by atoms with Crippen molar-refractivity contribution in [1.29, 1.82) is 0 Å². The number of anilines is 6. The summed E-state index contributed by atoms with van der Waals surface area (Å²) in [6, 6.07) is 136. The molecule has 476 valence electrons. The van der Waals surface area contributed by atoms with E-state index in [4.69, 9.17) is 8.83 Å². The number of nitrogens with zero attached hydrogens (tertiary/aromatic N) is 2. The average Bonchev–Trinajstić information content (AvgIpc) is 1.37. The minimum Gasteiger partial charge on any atom is -0.455 e. The van der Waals surface area contributed by atoms with E-state index < -0.39 is 0 Å². The van der Waals surface area contributed by atoms with Crippen LogP contribution < -0.4 is 9.80 Å². The van der Waals surface area contributed by atoms with Gasteiger partial charge in [0.2, 0.25) is 0 Å². The molecule has 4 heteroatoms. The standard InChI is InChI=1S/C52H33NO.C46H29NO/c1-4-14-42-36(10-1)13-9-19-43(42)38-22-20-34(21-23-38)35-24-27-40(28-25-35)53(50-32-39-12-3-5-15-44(39)46-17-7-8-18-47(46)50)41-29-31-48-49-30-26-37-11-2-6-16-45(37)52(49)54-51(48)33-41;1-4-12-38-30(8-1)11-7-15-40(38)33-18-21-35(22-19-33)47(36-23-26-41-34(28-36)17-16-31-9-2-5-13-39(31)41)37-24-27-43-44-25-20-32-10-3-6-14-42(32)46(44)48-45(43)29-37/h1-33H;1-29H. The second kappa shape index (κ2) is 24.2. The monoisotopic (exact) mass is 1300 g/mol. The molecule has 0 fully saturated rings. The molecular weight excluding hydrogens is 1240 g/mol. The molecule has 0 unspecified atom stereocenters. The Balaban J connectivity index is 0.000000138. The van der Waals surface area contributed by atoms with E-state index in [1.54, 1.807) is 0 Å². The molecule has 0 radical (unpaired) electrons. The average molecular weight is 1300 g/mol. The molecule has 0 aliphatic rings. The maximum Gasteiger partial charge on any atom is 0.143 e. The Morgan fingerprint density at radius 1 is 0.167 bits per heavy atom. The molecule has 2 heterocycles. The molecule has 0 bridgehead atoms. The lowest BCUT2D eigenvalue weighted by atomic mass is 9.96. The van der Waals surface area contributed by atoms with Gasteiger partial charge in [-0.2, -0.15) is 0 Å². The van der Waals surface area contributed by atoms with Crippen molar-refractivity contribution in [3.63, 3.8) is 0 Å². The Bertz CT molecular complexity index is 6870. The van der Waals surface area contributed by atoms with E-state index in [1.165, 1.54) is 109 Å². The maximum absolute atomic E-state index is 6.70. The number of hydrogen-bond donors (Lipinski definition) is 0. The van der Waals surface area contributed by atoms with Crippen LogP contribution in [0.4, 0.5) is 34.1 Å². The number of hydrogen-bond acceptors (Lipinski definition) is 4. The molecule has 21 aromatic rings. The van der Waals surface area contributed by atoms with Crippen molar-refractivity contribution in [2.45, 2.75) is 0 Å². The van der Waals surface area contributed by atoms with Crippen LogP contribution in [0.3, 0.4) is 0 Å². The Morgan fingerprint density at radius 2 is 0.480 bits per heavy atom. The quantitative estimate of drug-likeness (QED) is 0.135. The zero-order valence-corrected chi connectivity index (χ0v) is 55.5. The van der Waals surface area contributed by atoms with Gasteiger partial charge in [-0.25, -0.2) is 0 Å². The van der Waals surface area contributed by atoms with Crippen molar-refractivity contribution in [2.24, 2.45) is 0 Å². The summed E-state index contributed by atoms with van der Waals surface area (Å²) < 4.78 is 13.3. The van der Waals surface area contributed by atoms with E-state index in [1.807, 2.05) is 0 Å². The van der Waals surface area contributed by atoms with Crippen molar-refractivity contribution < 1.29 is 8.83 Å². The molecule has 0 saturated heterocycles. The van der Waals surface area contributed by atoms with Crippen molar-refractivity contribution in [2.75, 3.05) is 9.80 Å². The third-order valence-electron chi connectivity index (χ3n) is 20.9. The van der Waals surface area contributed by atoms with Gasteiger partial charge < -0.3 is 18.6 Å². The van der Waals surface area contributed by atoms with Gasteiger partial charge in [0.25, 0.3) is 0 Å². The molecule has 102 heavy (non-hydrogen) atoms. The smallest absolute Gasteiger partial charge is 0.143 e.